The molecule has 1 fully saturated rings. The van der Waals surface area contributed by atoms with E-state index in [-0.39, 0.29) is 4.75 Å². The minimum atomic E-state index is -4.35. The van der Waals surface area contributed by atoms with Crippen LogP contribution < -0.4 is 5.32 Å². The largest absolute Gasteiger partial charge is 0.405 e. The van der Waals surface area contributed by atoms with Gasteiger partial charge >= 0.3 is 12.2 Å². The summed E-state index contributed by atoms with van der Waals surface area (Å²) in [5, 5.41) is 1.90. The number of nitrogens with zero attached hydrogens (tertiary/aromatic N) is 1. The molecule has 0 unspecified atom stereocenters. The average molecular weight is 270 g/mol. The van der Waals surface area contributed by atoms with Crippen LogP contribution in [0, 0.1) is 0 Å². The predicted molar refractivity (Wildman–Crippen MR) is 62.2 cm³/mol. The van der Waals surface area contributed by atoms with Gasteiger partial charge in [0.05, 0.1) is 0 Å². The van der Waals surface area contributed by atoms with Crippen molar-refractivity contribution in [2.75, 3.05) is 25.4 Å². The number of carbonyl (C=O) groups is 1. The molecule has 0 bridgehead atoms. The van der Waals surface area contributed by atoms with Crippen LogP contribution in [-0.2, 0) is 0 Å². The van der Waals surface area contributed by atoms with Gasteiger partial charge in [-0.05, 0) is 6.42 Å². The highest BCUT2D eigenvalue weighted by atomic mass is 32.2. The first-order valence-electron chi connectivity index (χ1n) is 5.43. The number of rotatable bonds is 1. The second-order valence-electron chi connectivity index (χ2n) is 4.62. The summed E-state index contributed by atoms with van der Waals surface area (Å²) in [6, 6.07) is -0.624. The van der Waals surface area contributed by atoms with Gasteiger partial charge in [0, 0.05) is 23.6 Å². The van der Waals surface area contributed by atoms with Gasteiger partial charge in [-0.1, -0.05) is 13.8 Å². The molecule has 17 heavy (non-hydrogen) atoms. The number of amides is 2. The van der Waals surface area contributed by atoms with Gasteiger partial charge in [0.25, 0.3) is 0 Å². The maximum atomic E-state index is 11.9. The molecule has 0 spiro atoms. The van der Waals surface area contributed by atoms with E-state index in [0.717, 1.165) is 12.2 Å². The Labute approximate surface area is 103 Å². The fourth-order valence-electron chi connectivity index (χ4n) is 1.51. The Hall–Kier alpha value is -0.590. The van der Waals surface area contributed by atoms with Crippen LogP contribution in [-0.4, -0.2) is 47.2 Å². The van der Waals surface area contributed by atoms with Crippen LogP contribution in [0.2, 0.25) is 0 Å². The second-order valence-corrected chi connectivity index (χ2v) is 6.42. The first-order valence-corrected chi connectivity index (χ1v) is 6.42. The summed E-state index contributed by atoms with van der Waals surface area (Å²) in [6.45, 7) is 3.89. The van der Waals surface area contributed by atoms with Gasteiger partial charge in [-0.2, -0.15) is 24.9 Å². The number of carbonyl (C=O) groups excluding carboxylic acids is 1. The molecule has 0 aromatic heterocycles. The van der Waals surface area contributed by atoms with Gasteiger partial charge in [-0.15, -0.1) is 0 Å². The third-order valence-electron chi connectivity index (χ3n) is 2.57. The van der Waals surface area contributed by atoms with Crippen molar-refractivity contribution < 1.29 is 18.0 Å². The van der Waals surface area contributed by atoms with E-state index in [0.29, 0.717) is 13.1 Å². The molecule has 1 N–H and O–H groups in total. The van der Waals surface area contributed by atoms with Crippen molar-refractivity contribution in [3.05, 3.63) is 0 Å². The normalized spacial score (nSPS) is 20.9. The van der Waals surface area contributed by atoms with E-state index < -0.39 is 18.8 Å². The van der Waals surface area contributed by atoms with Gasteiger partial charge in [0.1, 0.15) is 6.54 Å². The van der Waals surface area contributed by atoms with Gasteiger partial charge in [-0.25, -0.2) is 4.79 Å². The van der Waals surface area contributed by atoms with Crippen LogP contribution in [0.4, 0.5) is 18.0 Å². The Bertz CT molecular complexity index is 281. The number of alkyl halides is 3. The van der Waals surface area contributed by atoms with Gasteiger partial charge in [0.15, 0.2) is 0 Å². The zero-order chi connectivity index (χ0) is 13.1. The summed E-state index contributed by atoms with van der Waals surface area (Å²) in [6.07, 6.45) is -3.56. The lowest BCUT2D eigenvalue weighted by molar-refractivity contribution is -0.123. The lowest BCUT2D eigenvalue weighted by Gasteiger charge is -2.23. The van der Waals surface area contributed by atoms with E-state index in [9.17, 15) is 18.0 Å². The average Bonchev–Trinajstić information content (AvgIpc) is 2.35. The van der Waals surface area contributed by atoms with Crippen LogP contribution in [0.5, 0.6) is 0 Å². The summed E-state index contributed by atoms with van der Waals surface area (Å²) >= 11 is 1.74. The highest BCUT2D eigenvalue weighted by molar-refractivity contribution is 8.00. The van der Waals surface area contributed by atoms with Crippen molar-refractivity contribution in [1.82, 2.24) is 10.2 Å². The maximum absolute atomic E-state index is 11.9. The van der Waals surface area contributed by atoms with Crippen molar-refractivity contribution in [3.8, 4) is 0 Å². The number of hydrogen-bond acceptors (Lipinski definition) is 2. The van der Waals surface area contributed by atoms with Crippen molar-refractivity contribution in [3.63, 3.8) is 0 Å². The fourth-order valence-corrected chi connectivity index (χ4v) is 2.61. The first kappa shape index (κ1) is 14.5. The molecule has 7 heteroatoms. The topological polar surface area (TPSA) is 32.3 Å². The van der Waals surface area contributed by atoms with Crippen molar-refractivity contribution in [2.24, 2.45) is 0 Å². The highest BCUT2D eigenvalue weighted by Crippen LogP contribution is 2.30. The van der Waals surface area contributed by atoms with E-state index >= 15 is 0 Å². The van der Waals surface area contributed by atoms with E-state index in [2.05, 4.69) is 13.8 Å². The smallest absolute Gasteiger partial charge is 0.329 e. The van der Waals surface area contributed by atoms with Crippen molar-refractivity contribution >= 4 is 17.8 Å². The standard InChI is InChI=1S/C10H17F3N2OS/c1-9(2)3-4-15(5-6-17-9)8(16)14-7-10(11,12)13/h3-7H2,1-2H3,(H,14,16). The minimum Gasteiger partial charge on any atom is -0.329 e. The van der Waals surface area contributed by atoms with Crippen molar-refractivity contribution in [1.29, 1.82) is 0 Å². The Morgan fingerprint density at radius 3 is 2.65 bits per heavy atom. The predicted octanol–water partition coefficient (Wildman–Crippen LogP) is 2.48. The molecule has 1 rings (SSSR count). The number of halogens is 3. The Morgan fingerprint density at radius 1 is 1.41 bits per heavy atom. The number of urea groups is 1. The molecule has 0 aromatic carbocycles. The number of nitrogens with one attached hydrogen (secondary N) is 1. The molecule has 3 nitrogen and oxygen atoms in total. The van der Waals surface area contributed by atoms with Crippen LogP contribution in [0.1, 0.15) is 20.3 Å². The molecule has 0 atom stereocenters. The molecule has 0 aliphatic carbocycles. The Morgan fingerprint density at radius 2 is 2.06 bits per heavy atom. The first-order chi connectivity index (χ1) is 7.70. The SMILES string of the molecule is CC1(C)CCN(C(=O)NCC(F)(F)F)CCS1. The van der Waals surface area contributed by atoms with Crippen LogP contribution >= 0.6 is 11.8 Å². The summed E-state index contributed by atoms with van der Waals surface area (Å²) in [4.78, 5) is 13.0. The molecular weight excluding hydrogens is 253 g/mol. The van der Waals surface area contributed by atoms with E-state index in [1.807, 2.05) is 5.32 Å². The summed E-state index contributed by atoms with van der Waals surface area (Å²) in [5.41, 5.74) is 0. The van der Waals surface area contributed by atoms with E-state index in [1.54, 1.807) is 11.8 Å². The molecule has 0 saturated carbocycles. The summed E-state index contributed by atoms with van der Waals surface area (Å²) in [5.74, 6) is 0.756. The minimum absolute atomic E-state index is 0.0824. The maximum Gasteiger partial charge on any atom is 0.405 e. The van der Waals surface area contributed by atoms with Crippen molar-refractivity contribution in [2.45, 2.75) is 31.2 Å². The number of thioether (sulfide) groups is 1. The fraction of sp³-hybridized carbons (Fsp3) is 0.900. The molecule has 1 saturated heterocycles. The molecule has 0 aromatic rings. The zero-order valence-electron chi connectivity index (χ0n) is 9.93. The molecule has 2 amide bonds. The highest BCUT2D eigenvalue weighted by Gasteiger charge is 2.30. The molecule has 1 aliphatic heterocycles. The lowest BCUT2D eigenvalue weighted by atomic mass is 10.1. The third-order valence-corrected chi connectivity index (χ3v) is 3.94. The van der Waals surface area contributed by atoms with Gasteiger partial charge in [-0.3, -0.25) is 0 Å². The summed E-state index contributed by atoms with van der Waals surface area (Å²) < 4.78 is 35.9. The van der Waals surface area contributed by atoms with Gasteiger partial charge in [0.2, 0.25) is 0 Å². The van der Waals surface area contributed by atoms with Crippen LogP contribution in [0.15, 0.2) is 0 Å². The quantitative estimate of drug-likeness (QED) is 0.794. The van der Waals surface area contributed by atoms with Gasteiger partial charge < -0.3 is 10.2 Å². The second kappa shape index (κ2) is 5.37. The van der Waals surface area contributed by atoms with E-state index in [1.165, 1.54) is 4.90 Å². The number of hydrogen-bond donors (Lipinski definition) is 1. The Kier molecular flexibility index (Phi) is 4.57. The van der Waals surface area contributed by atoms with Crippen LogP contribution in [0.25, 0.3) is 0 Å². The zero-order valence-corrected chi connectivity index (χ0v) is 10.7. The molecule has 1 aliphatic rings. The molecule has 100 valence electrons. The molecule has 0 radical (unpaired) electrons. The Balaban J connectivity index is 2.42. The molecular formula is C10H17F3N2OS. The van der Waals surface area contributed by atoms with E-state index in [4.69, 9.17) is 0 Å². The third kappa shape index (κ3) is 5.52. The summed E-state index contributed by atoms with van der Waals surface area (Å²) in [7, 11) is 0. The monoisotopic (exact) mass is 270 g/mol. The molecule has 1 heterocycles. The lowest BCUT2D eigenvalue weighted by Crippen LogP contribution is -2.44. The van der Waals surface area contributed by atoms with Crippen LogP contribution in [0.3, 0.4) is 0 Å².